The lowest BCUT2D eigenvalue weighted by atomic mass is 10.1. The van der Waals surface area contributed by atoms with E-state index in [2.05, 4.69) is 11.8 Å². The maximum atomic E-state index is 3.84. The highest BCUT2D eigenvalue weighted by Crippen LogP contribution is 2.06. The highest BCUT2D eigenvalue weighted by molar-refractivity contribution is 4.64. The molecule has 1 heteroatoms. The van der Waals surface area contributed by atoms with E-state index in [1.807, 2.05) is 0 Å². The van der Waals surface area contributed by atoms with E-state index in [0.717, 1.165) is 6.54 Å². The van der Waals surface area contributed by atoms with Crippen LogP contribution in [0.25, 0.3) is 0 Å². The minimum Gasteiger partial charge on any atom is -0.303 e. The van der Waals surface area contributed by atoms with Gasteiger partial charge in [0.1, 0.15) is 0 Å². The summed E-state index contributed by atoms with van der Waals surface area (Å²) in [6.07, 6.45) is 4.20. The Morgan fingerprint density at radius 1 is 1.12 bits per heavy atom. The fraction of sp³-hybridized carbons (Fsp3) is 0.857. The molecular formula is C7H14N. The number of piperidine rings is 1. The number of likely N-dealkylation sites (tertiary alicyclic amines) is 1. The number of hydrogen-bond donors (Lipinski definition) is 0. The lowest BCUT2D eigenvalue weighted by Gasteiger charge is -2.24. The third-order valence-corrected chi connectivity index (χ3v) is 1.76. The molecular weight excluding hydrogens is 98.1 g/mol. The first kappa shape index (κ1) is 6.09. The van der Waals surface area contributed by atoms with Crippen molar-refractivity contribution in [1.29, 1.82) is 0 Å². The molecule has 1 aliphatic rings. The summed E-state index contributed by atoms with van der Waals surface area (Å²) in [5.41, 5.74) is 0. The van der Waals surface area contributed by atoms with Gasteiger partial charge in [-0.25, -0.2) is 0 Å². The first-order valence-corrected chi connectivity index (χ1v) is 3.45. The fourth-order valence-electron chi connectivity index (χ4n) is 1.18. The van der Waals surface area contributed by atoms with Gasteiger partial charge in [0.15, 0.2) is 0 Å². The van der Waals surface area contributed by atoms with E-state index in [9.17, 15) is 0 Å². The molecule has 1 rings (SSSR count). The van der Waals surface area contributed by atoms with Crippen molar-refractivity contribution in [1.82, 2.24) is 4.90 Å². The molecule has 1 fully saturated rings. The molecule has 8 heavy (non-hydrogen) atoms. The molecule has 47 valence electrons. The Morgan fingerprint density at radius 2 is 1.75 bits per heavy atom. The molecule has 0 aliphatic carbocycles. The summed E-state index contributed by atoms with van der Waals surface area (Å²) in [4.78, 5) is 2.41. The number of hydrogen-bond acceptors (Lipinski definition) is 1. The second kappa shape index (κ2) is 3.08. The predicted octanol–water partition coefficient (Wildman–Crippen LogP) is 1.31. The Bertz CT molecular complexity index is 55.4. The van der Waals surface area contributed by atoms with Gasteiger partial charge in [-0.3, -0.25) is 0 Å². The van der Waals surface area contributed by atoms with E-state index in [0.29, 0.717) is 0 Å². The maximum Gasteiger partial charge on any atom is -0.00183 e. The molecule has 1 radical (unpaired) electrons. The second-order valence-electron chi connectivity index (χ2n) is 2.40. The van der Waals surface area contributed by atoms with Gasteiger partial charge < -0.3 is 4.90 Å². The smallest absolute Gasteiger partial charge is 0.00183 e. The van der Waals surface area contributed by atoms with Crippen LogP contribution < -0.4 is 0 Å². The highest BCUT2D eigenvalue weighted by Gasteiger charge is 2.05. The molecule has 0 bridgehead atoms. The molecule has 0 unspecified atom stereocenters. The monoisotopic (exact) mass is 112 g/mol. The lowest BCUT2D eigenvalue weighted by Crippen LogP contribution is -2.29. The number of nitrogens with zero attached hydrogens (tertiary/aromatic N) is 1. The molecule has 1 aliphatic heterocycles. The van der Waals surface area contributed by atoms with Gasteiger partial charge in [0, 0.05) is 0 Å². The molecule has 0 saturated carbocycles. The van der Waals surface area contributed by atoms with Gasteiger partial charge in [-0.05, 0) is 39.4 Å². The van der Waals surface area contributed by atoms with Crippen LogP contribution in [-0.2, 0) is 0 Å². The molecule has 0 atom stereocenters. The second-order valence-corrected chi connectivity index (χ2v) is 2.40. The summed E-state index contributed by atoms with van der Waals surface area (Å²) in [5.74, 6) is 0. The van der Waals surface area contributed by atoms with Gasteiger partial charge in [0.25, 0.3) is 0 Å². The predicted molar refractivity (Wildman–Crippen MR) is 35.6 cm³/mol. The van der Waals surface area contributed by atoms with Crippen LogP contribution in [0.15, 0.2) is 0 Å². The van der Waals surface area contributed by atoms with Gasteiger partial charge in [0.2, 0.25) is 0 Å². The van der Waals surface area contributed by atoms with Gasteiger partial charge in [-0.15, -0.1) is 0 Å². The molecule has 0 aromatic rings. The van der Waals surface area contributed by atoms with Crippen LogP contribution in [0.2, 0.25) is 0 Å². The minimum absolute atomic E-state index is 1.00. The van der Waals surface area contributed by atoms with E-state index in [4.69, 9.17) is 0 Å². The van der Waals surface area contributed by atoms with Crippen LogP contribution >= 0.6 is 0 Å². The van der Waals surface area contributed by atoms with E-state index in [1.165, 1.54) is 32.4 Å². The first-order valence-electron chi connectivity index (χ1n) is 3.45. The molecule has 1 nitrogen and oxygen atoms in total. The average Bonchev–Trinajstić information content (AvgIpc) is 1.90. The highest BCUT2D eigenvalue weighted by atomic mass is 15.1. The quantitative estimate of drug-likeness (QED) is 0.494. The van der Waals surface area contributed by atoms with Crippen molar-refractivity contribution >= 4 is 0 Å². The van der Waals surface area contributed by atoms with Crippen molar-refractivity contribution < 1.29 is 0 Å². The summed E-state index contributed by atoms with van der Waals surface area (Å²) in [6, 6.07) is 0. The molecule has 0 aromatic carbocycles. The molecule has 0 N–H and O–H groups in total. The van der Waals surface area contributed by atoms with Crippen LogP contribution in [0.3, 0.4) is 0 Å². The largest absolute Gasteiger partial charge is 0.303 e. The molecule has 1 saturated heterocycles. The summed E-state index contributed by atoms with van der Waals surface area (Å²) in [5, 5.41) is 0. The van der Waals surface area contributed by atoms with Crippen LogP contribution in [0.1, 0.15) is 19.3 Å². The van der Waals surface area contributed by atoms with E-state index < -0.39 is 0 Å². The summed E-state index contributed by atoms with van der Waals surface area (Å²) >= 11 is 0. The van der Waals surface area contributed by atoms with Gasteiger partial charge in [-0.1, -0.05) is 6.42 Å². The van der Waals surface area contributed by atoms with Crippen LogP contribution in [-0.4, -0.2) is 24.5 Å². The van der Waals surface area contributed by atoms with Crippen molar-refractivity contribution in [3.05, 3.63) is 6.92 Å². The number of rotatable bonds is 1. The third kappa shape index (κ3) is 1.48. The summed E-state index contributed by atoms with van der Waals surface area (Å²) < 4.78 is 0. The Labute approximate surface area is 51.7 Å². The van der Waals surface area contributed by atoms with Gasteiger partial charge in [0.05, 0.1) is 0 Å². The van der Waals surface area contributed by atoms with Crippen molar-refractivity contribution in [2.24, 2.45) is 0 Å². The zero-order chi connectivity index (χ0) is 5.82. The van der Waals surface area contributed by atoms with Crippen LogP contribution in [0.5, 0.6) is 0 Å². The van der Waals surface area contributed by atoms with Gasteiger partial charge in [-0.2, -0.15) is 0 Å². The van der Waals surface area contributed by atoms with Crippen LogP contribution in [0.4, 0.5) is 0 Å². The minimum atomic E-state index is 1.00. The van der Waals surface area contributed by atoms with Gasteiger partial charge >= 0.3 is 0 Å². The van der Waals surface area contributed by atoms with E-state index in [1.54, 1.807) is 0 Å². The van der Waals surface area contributed by atoms with Crippen molar-refractivity contribution in [2.75, 3.05) is 19.6 Å². The standard InChI is InChI=1S/C7H14N/c1-2-8-6-4-3-5-7-8/h1-7H2. The molecule has 0 spiro atoms. The SMILES string of the molecule is [CH2]CN1CCCCC1. The maximum absolute atomic E-state index is 3.84. The molecule has 0 aromatic heterocycles. The Balaban J connectivity index is 2.13. The Hall–Kier alpha value is -0.0400. The zero-order valence-electron chi connectivity index (χ0n) is 5.40. The van der Waals surface area contributed by atoms with Crippen LogP contribution in [0, 0.1) is 6.92 Å². The van der Waals surface area contributed by atoms with Crippen molar-refractivity contribution in [3.8, 4) is 0 Å². The van der Waals surface area contributed by atoms with E-state index in [-0.39, 0.29) is 0 Å². The van der Waals surface area contributed by atoms with Crippen molar-refractivity contribution in [2.45, 2.75) is 19.3 Å². The zero-order valence-corrected chi connectivity index (χ0v) is 5.40. The molecule has 1 heterocycles. The molecule has 0 amide bonds. The van der Waals surface area contributed by atoms with Crippen molar-refractivity contribution in [3.63, 3.8) is 0 Å². The first-order chi connectivity index (χ1) is 3.93. The third-order valence-electron chi connectivity index (χ3n) is 1.76. The average molecular weight is 112 g/mol. The normalized spacial score (nSPS) is 23.6. The lowest BCUT2D eigenvalue weighted by molar-refractivity contribution is 0.250. The Morgan fingerprint density at radius 3 is 2.12 bits per heavy atom. The topological polar surface area (TPSA) is 3.24 Å². The van der Waals surface area contributed by atoms with E-state index >= 15 is 0 Å². The summed E-state index contributed by atoms with van der Waals surface area (Å²) in [7, 11) is 0. The Kier molecular flexibility index (Phi) is 2.34. The fourth-order valence-corrected chi connectivity index (χ4v) is 1.18. The summed E-state index contributed by atoms with van der Waals surface area (Å²) in [6.45, 7) is 7.40.